The van der Waals surface area contributed by atoms with Gasteiger partial charge in [-0.1, -0.05) is 30.2 Å². The van der Waals surface area contributed by atoms with E-state index in [4.69, 9.17) is 11.0 Å². The summed E-state index contributed by atoms with van der Waals surface area (Å²) in [5.41, 5.74) is -0.285. The Morgan fingerprint density at radius 3 is 2.79 bits per heavy atom. The second kappa shape index (κ2) is 7.61. The highest BCUT2D eigenvalue weighted by atomic mass is 35.5. The van der Waals surface area contributed by atoms with Gasteiger partial charge < -0.3 is 5.32 Å². The molecule has 24 heavy (non-hydrogen) atoms. The maximum absolute atomic E-state index is 13.2. The van der Waals surface area contributed by atoms with Crippen LogP contribution in [0.3, 0.4) is 0 Å². The van der Waals surface area contributed by atoms with E-state index in [0.717, 1.165) is 16.4 Å². The normalized spacial score (nSPS) is 16.3. The van der Waals surface area contributed by atoms with Crippen molar-refractivity contribution < 1.29 is 19.4 Å². The number of aromatic nitrogens is 2. The van der Waals surface area contributed by atoms with E-state index in [1.165, 1.54) is 24.4 Å². The van der Waals surface area contributed by atoms with Crippen molar-refractivity contribution in [2.75, 3.05) is 6.98 Å². The third kappa shape index (κ3) is 3.51. The van der Waals surface area contributed by atoms with Crippen LogP contribution in [0.4, 0.5) is 0 Å². The first-order chi connectivity index (χ1) is 14.3. The molecule has 0 radical (unpaired) electrons. The van der Waals surface area contributed by atoms with Gasteiger partial charge in [0.25, 0.3) is 10.0 Å². The Morgan fingerprint density at radius 2 is 2.12 bits per heavy atom. The number of halogens is 1. The average molecular weight is 372 g/mol. The molecule has 126 valence electrons. The lowest BCUT2D eigenvalue weighted by Gasteiger charge is -2.10. The van der Waals surface area contributed by atoms with Gasteiger partial charge in [0.1, 0.15) is 4.90 Å². The highest BCUT2D eigenvalue weighted by Gasteiger charge is 2.21. The Morgan fingerprint density at radius 1 is 1.33 bits per heavy atom. The molecule has 0 spiro atoms. The van der Waals surface area contributed by atoms with Crippen LogP contribution in [0.15, 0.2) is 71.9 Å². The van der Waals surface area contributed by atoms with Gasteiger partial charge >= 0.3 is 0 Å². The molecule has 3 aromatic rings. The van der Waals surface area contributed by atoms with E-state index >= 15 is 0 Å². The molecule has 0 saturated carbocycles. The molecule has 5 nitrogen and oxygen atoms in total. The van der Waals surface area contributed by atoms with Crippen molar-refractivity contribution in [2.24, 2.45) is 0 Å². The van der Waals surface area contributed by atoms with E-state index in [2.05, 4.69) is 10.3 Å². The average Bonchev–Trinajstić information content (AvgIpc) is 3.14. The molecule has 0 saturated heterocycles. The van der Waals surface area contributed by atoms with Gasteiger partial charge in [-0.15, -0.1) is 12.4 Å². The van der Waals surface area contributed by atoms with Crippen LogP contribution in [0.1, 0.15) is 16.5 Å². The quantitative estimate of drug-likeness (QED) is 0.749. The topological polar surface area (TPSA) is 64.0 Å². The Labute approximate surface area is 159 Å². The van der Waals surface area contributed by atoms with Crippen LogP contribution in [0.25, 0.3) is 11.3 Å². The first kappa shape index (κ1) is 9.98. The zero-order chi connectivity index (χ0) is 23.1. The van der Waals surface area contributed by atoms with Gasteiger partial charge in [-0.2, -0.15) is 0 Å². The molecule has 0 aliphatic rings. The largest absolute Gasteiger partial charge is 0.316 e. The molecule has 1 N–H and O–H groups in total. The lowest BCUT2D eigenvalue weighted by atomic mass is 10.1. The highest BCUT2D eigenvalue weighted by Crippen LogP contribution is 2.26. The zero-order valence-corrected chi connectivity index (χ0v) is 13.8. The molecule has 0 fully saturated rings. The maximum Gasteiger partial charge on any atom is 0.269 e. The highest BCUT2D eigenvalue weighted by molar-refractivity contribution is 7.90. The number of rotatable bonds is 5. The second-order valence-corrected chi connectivity index (χ2v) is 6.39. The number of pyridine rings is 1. The summed E-state index contributed by atoms with van der Waals surface area (Å²) in [7, 11) is -4.27. The van der Waals surface area contributed by atoms with Gasteiger partial charge in [0.15, 0.2) is 0 Å². The van der Waals surface area contributed by atoms with Gasteiger partial charge in [0, 0.05) is 29.2 Å². The van der Waals surface area contributed by atoms with Crippen LogP contribution in [0.5, 0.6) is 0 Å². The standard InChI is InChI=1S/C17H17N3O2S.ClH/c1-18-11-14-10-17(15-6-3-2-4-7-15)20(13-14)23(21,22)16-8-5-9-19-12-16;/h2-10,12-13,18H,11H2,1H3;1H/i1D3,2D,3D,4D,6D,7D;. The minimum Gasteiger partial charge on any atom is -0.316 e. The monoisotopic (exact) mass is 371 g/mol. The molecule has 7 heteroatoms. The molecule has 0 aliphatic heterocycles. The molecule has 0 bridgehead atoms. The lowest BCUT2D eigenvalue weighted by Crippen LogP contribution is -2.13. The summed E-state index contributed by atoms with van der Waals surface area (Å²) >= 11 is 0. The van der Waals surface area contributed by atoms with Crippen molar-refractivity contribution in [2.45, 2.75) is 11.4 Å². The predicted molar refractivity (Wildman–Crippen MR) is 96.7 cm³/mol. The summed E-state index contributed by atoms with van der Waals surface area (Å²) in [5.74, 6) is 0. The van der Waals surface area contributed by atoms with E-state index in [-0.39, 0.29) is 40.7 Å². The van der Waals surface area contributed by atoms with Gasteiger partial charge in [0.2, 0.25) is 0 Å². The van der Waals surface area contributed by atoms with Crippen LogP contribution < -0.4 is 5.32 Å². The fraction of sp³-hybridized carbons (Fsp3) is 0.118. The number of hydrogen-bond donors (Lipinski definition) is 1. The summed E-state index contributed by atoms with van der Waals surface area (Å²) in [6, 6.07) is 0.974. The number of hydrogen-bond acceptors (Lipinski definition) is 4. The van der Waals surface area contributed by atoms with Gasteiger partial charge in [-0.25, -0.2) is 12.4 Å². The number of nitrogens with zero attached hydrogens (tertiary/aromatic N) is 2. The van der Waals surface area contributed by atoms with Gasteiger partial charge in [-0.3, -0.25) is 4.98 Å². The fourth-order valence-corrected chi connectivity index (χ4v) is 3.42. The summed E-state index contributed by atoms with van der Waals surface area (Å²) in [4.78, 5) is 3.61. The molecule has 1 aromatic carbocycles. The summed E-state index contributed by atoms with van der Waals surface area (Å²) in [6.45, 7) is -2.72. The summed E-state index contributed by atoms with van der Waals surface area (Å²) in [6.07, 6.45) is 3.65. The van der Waals surface area contributed by atoms with Crippen LogP contribution >= 0.6 is 12.4 Å². The third-order valence-corrected chi connectivity index (χ3v) is 4.74. The van der Waals surface area contributed by atoms with E-state index < -0.39 is 47.2 Å². The molecule has 2 aromatic heterocycles. The van der Waals surface area contributed by atoms with Crippen molar-refractivity contribution >= 4 is 22.4 Å². The molecule has 2 heterocycles. The molecule has 0 atom stereocenters. The Hall–Kier alpha value is -2.15. The van der Waals surface area contributed by atoms with Crippen molar-refractivity contribution in [3.05, 3.63) is 72.6 Å². The molecular formula is C17H18ClN3O2S. The Kier molecular flexibility index (Phi) is 3.17. The fourth-order valence-electron chi connectivity index (χ4n) is 2.07. The van der Waals surface area contributed by atoms with Gasteiger partial charge in [0.05, 0.1) is 12.5 Å². The maximum atomic E-state index is 13.2. The Bertz CT molecular complexity index is 1220. The van der Waals surface area contributed by atoms with E-state index in [1.54, 1.807) is 0 Å². The molecule has 3 rings (SSSR count). The molecule has 0 unspecified atom stereocenters. The van der Waals surface area contributed by atoms with Crippen molar-refractivity contribution in [1.82, 2.24) is 14.3 Å². The third-order valence-electron chi connectivity index (χ3n) is 3.08. The van der Waals surface area contributed by atoms with Crippen molar-refractivity contribution in [3.63, 3.8) is 0 Å². The van der Waals surface area contributed by atoms with E-state index in [9.17, 15) is 8.42 Å². The van der Waals surface area contributed by atoms with E-state index in [0.29, 0.717) is 0 Å². The van der Waals surface area contributed by atoms with Crippen LogP contribution in [0, 0.1) is 0 Å². The Balaban J connectivity index is 0.00000363. The van der Waals surface area contributed by atoms with Crippen molar-refractivity contribution in [1.29, 1.82) is 0 Å². The summed E-state index contributed by atoms with van der Waals surface area (Å²) in [5, 5.41) is 2.26. The lowest BCUT2D eigenvalue weighted by molar-refractivity contribution is 0.587. The number of benzene rings is 1. The van der Waals surface area contributed by atoms with Crippen molar-refractivity contribution in [3.8, 4) is 11.3 Å². The van der Waals surface area contributed by atoms with E-state index in [1.807, 2.05) is 0 Å². The minimum absolute atomic E-state index is 0. The summed E-state index contributed by atoms with van der Waals surface area (Å²) < 4.78 is 89.0. The molecule has 0 amide bonds. The minimum atomic E-state index is -4.27. The molecule has 0 aliphatic carbocycles. The second-order valence-electron chi connectivity index (χ2n) is 4.58. The zero-order valence-electron chi connectivity index (χ0n) is 20.2. The van der Waals surface area contributed by atoms with Gasteiger partial charge in [-0.05, 0) is 36.3 Å². The van der Waals surface area contributed by atoms with Crippen LogP contribution in [-0.4, -0.2) is 24.4 Å². The van der Waals surface area contributed by atoms with Crippen LogP contribution in [-0.2, 0) is 16.6 Å². The predicted octanol–water partition coefficient (Wildman–Crippen LogP) is 2.93. The smallest absolute Gasteiger partial charge is 0.269 e. The number of nitrogens with one attached hydrogen (secondary N) is 1. The van der Waals surface area contributed by atoms with Crippen LogP contribution in [0.2, 0.25) is 0 Å². The first-order valence-corrected chi connectivity index (χ1v) is 7.98. The first-order valence-electron chi connectivity index (χ1n) is 10.5. The SMILES string of the molecule is Cl.[2H]c1c([2H])c([2H])c(-c2cc(CNC([2H])([2H])[2H])cn2S(=O)(=O)c2cccnc2)c([2H])c1[2H]. The molecular weight excluding hydrogens is 346 g/mol.